The molecule has 1 N–H and O–H groups in total. The number of aryl methyl sites for hydroxylation is 1. The highest BCUT2D eigenvalue weighted by molar-refractivity contribution is 7.13. The number of nitrogens with one attached hydrogen (secondary N) is 1. The van der Waals surface area contributed by atoms with Gasteiger partial charge in [0, 0.05) is 12.1 Å². The van der Waals surface area contributed by atoms with Gasteiger partial charge < -0.3 is 9.84 Å². The first-order valence-electron chi connectivity index (χ1n) is 8.65. The van der Waals surface area contributed by atoms with Gasteiger partial charge in [-0.3, -0.25) is 9.59 Å². The molecule has 0 aliphatic rings. The maximum atomic E-state index is 13.7. The van der Waals surface area contributed by atoms with Crippen molar-refractivity contribution >= 4 is 22.9 Å². The molecule has 1 amide bonds. The van der Waals surface area contributed by atoms with Gasteiger partial charge in [-0.1, -0.05) is 23.4 Å². The van der Waals surface area contributed by atoms with Crippen molar-refractivity contribution in [1.29, 1.82) is 0 Å². The van der Waals surface area contributed by atoms with Gasteiger partial charge in [0.1, 0.15) is 18.1 Å². The Morgan fingerprint density at radius 3 is 2.76 bits per heavy atom. The Morgan fingerprint density at radius 1 is 1.24 bits per heavy atom. The molecular weight excluding hydrogens is 395 g/mol. The highest BCUT2D eigenvalue weighted by Crippen LogP contribution is 2.32. The molecule has 0 unspecified atom stereocenters. The summed E-state index contributed by atoms with van der Waals surface area (Å²) in [7, 11) is 0. The standard InChI is InChI=1S/C20H15FN4O3S/c1-12-9-16(28-24-12)13-10-19(27)25(23-20(13)17-7-4-8-29-17)11-18(26)22-15-6-3-2-5-14(15)21/h2-10H,11H2,1H3,(H,22,26). The topological polar surface area (TPSA) is 90.0 Å². The van der Waals surface area contributed by atoms with Gasteiger partial charge in [-0.2, -0.15) is 5.10 Å². The number of nitrogens with zero attached hydrogens (tertiary/aromatic N) is 3. The zero-order chi connectivity index (χ0) is 20.4. The second kappa shape index (κ2) is 7.80. The maximum absolute atomic E-state index is 13.7. The van der Waals surface area contributed by atoms with Gasteiger partial charge in [-0.15, -0.1) is 11.3 Å². The third kappa shape index (κ3) is 3.99. The van der Waals surface area contributed by atoms with Crippen LogP contribution in [-0.2, 0) is 11.3 Å². The van der Waals surface area contributed by atoms with E-state index in [1.54, 1.807) is 19.1 Å². The molecule has 9 heteroatoms. The van der Waals surface area contributed by atoms with Gasteiger partial charge in [0.15, 0.2) is 5.76 Å². The molecule has 0 saturated carbocycles. The molecule has 0 saturated heterocycles. The molecule has 7 nitrogen and oxygen atoms in total. The number of benzene rings is 1. The molecule has 3 aromatic heterocycles. The molecule has 146 valence electrons. The predicted molar refractivity (Wildman–Crippen MR) is 107 cm³/mol. The molecule has 4 rings (SSSR count). The van der Waals surface area contributed by atoms with E-state index in [1.165, 1.54) is 35.6 Å². The van der Waals surface area contributed by atoms with Crippen LogP contribution in [-0.4, -0.2) is 20.8 Å². The van der Waals surface area contributed by atoms with E-state index >= 15 is 0 Å². The minimum atomic E-state index is -0.565. The van der Waals surface area contributed by atoms with E-state index in [-0.39, 0.29) is 12.2 Å². The smallest absolute Gasteiger partial charge is 0.268 e. The number of hydrogen-bond acceptors (Lipinski definition) is 6. The van der Waals surface area contributed by atoms with Crippen molar-refractivity contribution in [3.63, 3.8) is 0 Å². The second-order valence-electron chi connectivity index (χ2n) is 6.24. The second-order valence-corrected chi connectivity index (χ2v) is 7.19. The Labute approximate surface area is 168 Å². The number of para-hydroxylation sites is 1. The van der Waals surface area contributed by atoms with Crippen LogP contribution >= 0.6 is 11.3 Å². The molecule has 29 heavy (non-hydrogen) atoms. The molecule has 0 aliphatic heterocycles. The first-order chi connectivity index (χ1) is 14.0. The van der Waals surface area contributed by atoms with Crippen molar-refractivity contribution in [3.05, 3.63) is 75.8 Å². The van der Waals surface area contributed by atoms with Crippen LogP contribution < -0.4 is 10.9 Å². The van der Waals surface area contributed by atoms with Gasteiger partial charge in [0.2, 0.25) is 5.91 Å². The van der Waals surface area contributed by atoms with Crippen LogP contribution in [0.5, 0.6) is 0 Å². The summed E-state index contributed by atoms with van der Waals surface area (Å²) in [5.74, 6) is -0.708. The van der Waals surface area contributed by atoms with Crippen LogP contribution in [0.4, 0.5) is 10.1 Å². The normalized spacial score (nSPS) is 10.8. The number of carbonyl (C=O) groups excluding carboxylic acids is 1. The van der Waals surface area contributed by atoms with Gasteiger partial charge >= 0.3 is 0 Å². The van der Waals surface area contributed by atoms with Crippen molar-refractivity contribution in [3.8, 4) is 21.9 Å². The van der Waals surface area contributed by atoms with E-state index in [0.717, 1.165) is 9.56 Å². The Morgan fingerprint density at radius 2 is 2.07 bits per heavy atom. The lowest BCUT2D eigenvalue weighted by Gasteiger charge is -2.10. The fraction of sp³-hybridized carbons (Fsp3) is 0.100. The van der Waals surface area contributed by atoms with Crippen molar-refractivity contribution in [1.82, 2.24) is 14.9 Å². The number of halogens is 1. The molecule has 4 aromatic rings. The zero-order valence-corrected chi connectivity index (χ0v) is 16.1. The van der Waals surface area contributed by atoms with E-state index in [4.69, 9.17) is 4.52 Å². The number of anilines is 1. The Bertz CT molecular complexity index is 1230. The summed E-state index contributed by atoms with van der Waals surface area (Å²) in [6, 6.07) is 12.6. The quantitative estimate of drug-likeness (QED) is 0.542. The molecule has 0 spiro atoms. The highest BCUT2D eigenvalue weighted by atomic mass is 32.1. The van der Waals surface area contributed by atoms with Gasteiger partial charge in [0.05, 0.1) is 21.8 Å². The van der Waals surface area contributed by atoms with E-state index in [0.29, 0.717) is 22.7 Å². The van der Waals surface area contributed by atoms with Gasteiger partial charge in [-0.25, -0.2) is 9.07 Å². The van der Waals surface area contributed by atoms with Crippen LogP contribution in [0, 0.1) is 12.7 Å². The van der Waals surface area contributed by atoms with Crippen molar-refractivity contribution in [2.45, 2.75) is 13.5 Å². The molecule has 0 radical (unpaired) electrons. The monoisotopic (exact) mass is 410 g/mol. The fourth-order valence-corrected chi connectivity index (χ4v) is 3.49. The molecular formula is C20H15FN4O3S. The Kier molecular flexibility index (Phi) is 5.05. The first kappa shape index (κ1) is 18.8. The fourth-order valence-electron chi connectivity index (χ4n) is 2.77. The lowest BCUT2D eigenvalue weighted by molar-refractivity contribution is -0.117. The van der Waals surface area contributed by atoms with Crippen LogP contribution in [0.2, 0.25) is 0 Å². The summed E-state index contributed by atoms with van der Waals surface area (Å²) >= 11 is 1.44. The zero-order valence-electron chi connectivity index (χ0n) is 15.3. The minimum absolute atomic E-state index is 0.0396. The SMILES string of the molecule is Cc1cc(-c2cc(=O)n(CC(=O)Nc3ccccc3F)nc2-c2cccs2)on1. The predicted octanol–water partition coefficient (Wildman–Crippen LogP) is 3.71. The number of hydrogen-bond donors (Lipinski definition) is 1. The highest BCUT2D eigenvalue weighted by Gasteiger charge is 2.18. The number of aromatic nitrogens is 3. The average Bonchev–Trinajstić information content (AvgIpc) is 3.37. The van der Waals surface area contributed by atoms with Crippen molar-refractivity contribution in [2.24, 2.45) is 0 Å². The van der Waals surface area contributed by atoms with Crippen molar-refractivity contribution in [2.75, 3.05) is 5.32 Å². The largest absolute Gasteiger partial charge is 0.356 e. The lowest BCUT2D eigenvalue weighted by Crippen LogP contribution is -2.30. The maximum Gasteiger partial charge on any atom is 0.268 e. The Balaban J connectivity index is 1.69. The van der Waals surface area contributed by atoms with Crippen LogP contribution in [0.3, 0.4) is 0 Å². The van der Waals surface area contributed by atoms with E-state index < -0.39 is 17.3 Å². The van der Waals surface area contributed by atoms with E-state index in [9.17, 15) is 14.0 Å². The average molecular weight is 410 g/mol. The number of carbonyl (C=O) groups is 1. The lowest BCUT2D eigenvalue weighted by atomic mass is 10.1. The van der Waals surface area contributed by atoms with E-state index in [2.05, 4.69) is 15.6 Å². The third-order valence-corrected chi connectivity index (χ3v) is 4.96. The molecule has 0 bridgehead atoms. The first-order valence-corrected chi connectivity index (χ1v) is 9.53. The van der Waals surface area contributed by atoms with Gasteiger partial charge in [-0.05, 0) is 30.5 Å². The van der Waals surface area contributed by atoms with Gasteiger partial charge in [0.25, 0.3) is 5.56 Å². The Hall–Kier alpha value is -3.59. The number of thiophene rings is 1. The molecule has 3 heterocycles. The third-order valence-electron chi connectivity index (χ3n) is 4.09. The molecule has 0 aliphatic carbocycles. The number of amides is 1. The van der Waals surface area contributed by atoms with Crippen LogP contribution in [0.25, 0.3) is 21.9 Å². The summed E-state index contributed by atoms with van der Waals surface area (Å²) in [6.45, 7) is 1.42. The minimum Gasteiger partial charge on any atom is -0.356 e. The summed E-state index contributed by atoms with van der Waals surface area (Å²) in [4.78, 5) is 25.7. The summed E-state index contributed by atoms with van der Waals surface area (Å²) in [5.41, 5.74) is 1.21. The van der Waals surface area contributed by atoms with E-state index in [1.807, 2.05) is 17.5 Å². The van der Waals surface area contributed by atoms with Crippen molar-refractivity contribution < 1.29 is 13.7 Å². The number of rotatable bonds is 5. The molecule has 0 fully saturated rings. The summed E-state index contributed by atoms with van der Waals surface area (Å²) in [5, 5.41) is 12.6. The molecule has 1 aromatic carbocycles. The molecule has 0 atom stereocenters. The van der Waals surface area contributed by atoms with Crippen LogP contribution in [0.1, 0.15) is 5.69 Å². The summed E-state index contributed by atoms with van der Waals surface area (Å²) < 4.78 is 20.1. The summed E-state index contributed by atoms with van der Waals surface area (Å²) in [6.07, 6.45) is 0. The van der Waals surface area contributed by atoms with Crippen LogP contribution in [0.15, 0.2) is 63.2 Å².